The average Bonchev–Trinajstić information content (AvgIpc) is 3.34. The minimum Gasteiger partial charge on any atom is -0.358 e. The molecule has 0 aliphatic heterocycles. The van der Waals surface area contributed by atoms with Crippen LogP contribution in [0.15, 0.2) is 36.8 Å². The van der Waals surface area contributed by atoms with Gasteiger partial charge in [-0.3, -0.25) is 9.36 Å². The molecule has 2 aromatic heterocycles. The number of anilines is 2. The highest BCUT2D eigenvalue weighted by Crippen LogP contribution is 2.28. The predicted octanol–water partition coefficient (Wildman–Crippen LogP) is 4.60. The summed E-state index contributed by atoms with van der Waals surface area (Å²) in [5, 5.41) is 18.9. The summed E-state index contributed by atoms with van der Waals surface area (Å²) in [6.07, 6.45) is 10.2. The Morgan fingerprint density at radius 2 is 2.06 bits per heavy atom. The molecule has 9 nitrogen and oxygen atoms in total. The highest BCUT2D eigenvalue weighted by Gasteiger charge is 2.25. The summed E-state index contributed by atoms with van der Waals surface area (Å²) in [7, 11) is 1.76. The molecule has 1 fully saturated rings. The molecule has 4 rings (SSSR count). The topological polar surface area (TPSA) is 121 Å². The first-order valence-electron chi connectivity index (χ1n) is 12.3. The van der Waals surface area contributed by atoms with E-state index < -0.39 is 6.04 Å². The van der Waals surface area contributed by atoms with Gasteiger partial charge in [0.1, 0.15) is 24.0 Å². The van der Waals surface area contributed by atoms with Gasteiger partial charge in [-0.1, -0.05) is 49.8 Å². The lowest BCUT2D eigenvalue weighted by Crippen LogP contribution is -2.41. The van der Waals surface area contributed by atoms with Crippen molar-refractivity contribution in [1.82, 2.24) is 24.8 Å². The molecule has 2 heterocycles. The number of aryl methyl sites for hydroxylation is 1. The lowest BCUT2D eigenvalue weighted by atomic mass is 9.84. The van der Waals surface area contributed by atoms with Gasteiger partial charge in [-0.25, -0.2) is 4.98 Å². The summed E-state index contributed by atoms with van der Waals surface area (Å²) < 4.78 is 1.83. The lowest BCUT2D eigenvalue weighted by molar-refractivity contribution is -0.122. The molecular weight excluding hydrogens is 476 g/mol. The number of halogens is 1. The fourth-order valence-corrected chi connectivity index (χ4v) is 4.78. The predicted molar refractivity (Wildman–Crippen MR) is 140 cm³/mol. The molecule has 1 aromatic carbocycles. The Kier molecular flexibility index (Phi) is 8.39. The van der Waals surface area contributed by atoms with Crippen molar-refractivity contribution in [3.05, 3.63) is 58.6 Å². The van der Waals surface area contributed by atoms with Crippen molar-refractivity contribution >= 4 is 29.3 Å². The van der Waals surface area contributed by atoms with Gasteiger partial charge >= 0.3 is 0 Å². The Labute approximate surface area is 216 Å². The van der Waals surface area contributed by atoms with Gasteiger partial charge in [0.15, 0.2) is 0 Å². The van der Waals surface area contributed by atoms with E-state index >= 15 is 0 Å². The van der Waals surface area contributed by atoms with Crippen LogP contribution in [0.3, 0.4) is 0 Å². The highest BCUT2D eigenvalue weighted by atomic mass is 35.5. The minimum absolute atomic E-state index is 0.120. The second-order valence-corrected chi connectivity index (χ2v) is 9.59. The van der Waals surface area contributed by atoms with Crippen molar-refractivity contribution in [1.29, 1.82) is 5.26 Å². The summed E-state index contributed by atoms with van der Waals surface area (Å²) in [5.41, 5.74) is 2.13. The van der Waals surface area contributed by atoms with Crippen LogP contribution >= 0.6 is 11.6 Å². The third-order valence-corrected chi connectivity index (χ3v) is 6.83. The van der Waals surface area contributed by atoms with E-state index in [4.69, 9.17) is 16.9 Å². The van der Waals surface area contributed by atoms with E-state index in [0.29, 0.717) is 40.5 Å². The first-order chi connectivity index (χ1) is 17.4. The molecule has 0 bridgehead atoms. The van der Waals surface area contributed by atoms with E-state index in [0.717, 1.165) is 24.1 Å². The smallest absolute Gasteiger partial charge is 0.242 e. The highest BCUT2D eigenvalue weighted by molar-refractivity contribution is 6.31. The Morgan fingerprint density at radius 3 is 2.72 bits per heavy atom. The maximum Gasteiger partial charge on any atom is 0.242 e. The average molecular weight is 507 g/mol. The Balaban J connectivity index is 1.54. The van der Waals surface area contributed by atoms with Gasteiger partial charge in [0.25, 0.3) is 0 Å². The number of carbonyl (C=O) groups is 1. The molecule has 1 aliphatic carbocycles. The van der Waals surface area contributed by atoms with Crippen LogP contribution in [0.1, 0.15) is 55.3 Å². The van der Waals surface area contributed by atoms with Crippen molar-refractivity contribution in [3.8, 4) is 11.9 Å². The SMILES string of the molecule is CNc1nc(N[C@H](CC2CCCCC2)C(=O)NCc2ccc(C#N)cc2Cl)cc(-n2cnc(C)c2)n1. The number of carbonyl (C=O) groups excluding carboxylic acids is 1. The first-order valence-corrected chi connectivity index (χ1v) is 12.6. The number of hydrogen-bond donors (Lipinski definition) is 3. The van der Waals surface area contributed by atoms with Crippen LogP contribution in [0.2, 0.25) is 5.02 Å². The minimum atomic E-state index is -0.470. The van der Waals surface area contributed by atoms with Crippen molar-refractivity contribution in [2.45, 2.75) is 58.0 Å². The quantitative estimate of drug-likeness (QED) is 0.387. The molecule has 36 heavy (non-hydrogen) atoms. The van der Waals surface area contributed by atoms with Crippen molar-refractivity contribution in [3.63, 3.8) is 0 Å². The normalized spacial score (nSPS) is 14.6. The van der Waals surface area contributed by atoms with Gasteiger partial charge in [0.05, 0.1) is 17.3 Å². The van der Waals surface area contributed by atoms with Crippen LogP contribution in [-0.2, 0) is 11.3 Å². The molecule has 0 saturated heterocycles. The van der Waals surface area contributed by atoms with Crippen LogP contribution in [-0.4, -0.2) is 38.5 Å². The number of nitriles is 1. The van der Waals surface area contributed by atoms with Gasteiger partial charge in [-0.2, -0.15) is 15.2 Å². The van der Waals surface area contributed by atoms with Gasteiger partial charge in [0, 0.05) is 30.9 Å². The molecule has 3 aromatic rings. The first kappa shape index (κ1) is 25.5. The molecule has 1 atom stereocenters. The number of rotatable bonds is 9. The summed E-state index contributed by atoms with van der Waals surface area (Å²) in [6.45, 7) is 2.19. The van der Waals surface area contributed by atoms with Crippen LogP contribution < -0.4 is 16.0 Å². The number of imidazole rings is 1. The summed E-state index contributed by atoms with van der Waals surface area (Å²) in [4.78, 5) is 26.8. The van der Waals surface area contributed by atoms with E-state index in [-0.39, 0.29) is 12.5 Å². The third kappa shape index (κ3) is 6.52. The number of nitrogens with one attached hydrogen (secondary N) is 3. The monoisotopic (exact) mass is 506 g/mol. The molecule has 1 aliphatic rings. The summed E-state index contributed by atoms with van der Waals surface area (Å²) >= 11 is 6.32. The van der Waals surface area contributed by atoms with E-state index in [9.17, 15) is 4.79 Å². The lowest BCUT2D eigenvalue weighted by Gasteiger charge is -2.27. The van der Waals surface area contributed by atoms with Crippen molar-refractivity contribution < 1.29 is 4.79 Å². The fourth-order valence-electron chi connectivity index (χ4n) is 4.53. The maximum atomic E-state index is 13.4. The molecule has 1 amide bonds. The number of benzene rings is 1. The van der Waals surface area contributed by atoms with E-state index in [2.05, 4.69) is 37.0 Å². The van der Waals surface area contributed by atoms with Gasteiger partial charge in [-0.15, -0.1) is 0 Å². The second kappa shape index (κ2) is 11.9. The maximum absolute atomic E-state index is 13.4. The second-order valence-electron chi connectivity index (χ2n) is 9.18. The molecular formula is C26H31ClN8O. The number of aromatic nitrogens is 4. The van der Waals surface area contributed by atoms with Crippen LogP contribution in [0.4, 0.5) is 11.8 Å². The van der Waals surface area contributed by atoms with E-state index in [1.807, 2.05) is 23.8 Å². The molecule has 1 saturated carbocycles. The van der Waals surface area contributed by atoms with Crippen LogP contribution in [0.25, 0.3) is 5.82 Å². The van der Waals surface area contributed by atoms with Crippen LogP contribution in [0.5, 0.6) is 0 Å². The molecule has 188 valence electrons. The largest absolute Gasteiger partial charge is 0.358 e. The van der Waals surface area contributed by atoms with Gasteiger partial charge in [-0.05, 0) is 37.0 Å². The Hall–Kier alpha value is -3.64. The van der Waals surface area contributed by atoms with Gasteiger partial charge < -0.3 is 16.0 Å². The number of nitrogens with zero attached hydrogens (tertiary/aromatic N) is 5. The Bertz CT molecular complexity index is 1240. The molecule has 10 heteroatoms. The Morgan fingerprint density at radius 1 is 1.25 bits per heavy atom. The third-order valence-electron chi connectivity index (χ3n) is 6.48. The fraction of sp³-hybridized carbons (Fsp3) is 0.423. The van der Waals surface area contributed by atoms with Gasteiger partial charge in [0.2, 0.25) is 11.9 Å². The molecule has 0 radical (unpaired) electrons. The molecule has 0 unspecified atom stereocenters. The van der Waals surface area contributed by atoms with Crippen molar-refractivity contribution in [2.75, 3.05) is 17.7 Å². The summed E-state index contributed by atoms with van der Waals surface area (Å²) in [5.74, 6) is 2.01. The molecule has 0 spiro atoms. The van der Waals surface area contributed by atoms with E-state index in [1.165, 1.54) is 19.3 Å². The van der Waals surface area contributed by atoms with Crippen molar-refractivity contribution in [2.24, 2.45) is 5.92 Å². The molecule has 3 N–H and O–H groups in total. The number of amides is 1. The zero-order valence-electron chi connectivity index (χ0n) is 20.6. The van der Waals surface area contributed by atoms with Crippen LogP contribution in [0, 0.1) is 24.2 Å². The zero-order chi connectivity index (χ0) is 25.5. The number of hydrogen-bond acceptors (Lipinski definition) is 7. The standard InChI is InChI=1S/C26H31ClN8O/c1-17-15-35(16-31-17)24-12-23(33-26(29-2)34-24)32-22(11-18-6-4-3-5-7-18)25(36)30-14-20-9-8-19(13-28)10-21(20)27/h8-10,12,15-16,18,22H,3-7,11,14H2,1-2H3,(H,30,36)(H2,29,32,33,34)/t22-/m1/s1. The van der Waals surface area contributed by atoms with E-state index in [1.54, 1.807) is 31.6 Å². The zero-order valence-corrected chi connectivity index (χ0v) is 21.3. The summed E-state index contributed by atoms with van der Waals surface area (Å²) in [6, 6.07) is 8.51.